The summed E-state index contributed by atoms with van der Waals surface area (Å²) >= 11 is 1.34. The molecule has 0 radical (unpaired) electrons. The number of fused-ring (bicyclic) bond motifs is 2. The van der Waals surface area contributed by atoms with Crippen LogP contribution in [-0.2, 0) is 6.42 Å². The van der Waals surface area contributed by atoms with Gasteiger partial charge < -0.3 is 14.7 Å². The summed E-state index contributed by atoms with van der Waals surface area (Å²) in [5.41, 5.74) is 4.15. The van der Waals surface area contributed by atoms with Crippen molar-refractivity contribution in [2.24, 2.45) is 5.92 Å². The average molecular weight is 569 g/mol. The summed E-state index contributed by atoms with van der Waals surface area (Å²) in [6, 6.07) is 21.7. The summed E-state index contributed by atoms with van der Waals surface area (Å²) in [5.74, 6) is 0.290. The molecule has 0 aliphatic rings. The average Bonchev–Trinajstić information content (AvgIpc) is 3.33. The number of carboxylic acids is 1. The van der Waals surface area contributed by atoms with Crippen molar-refractivity contribution in [2.75, 3.05) is 25.6 Å². The molecule has 5 aromatic rings. The van der Waals surface area contributed by atoms with Crippen molar-refractivity contribution in [1.82, 2.24) is 4.40 Å². The zero-order valence-electron chi connectivity index (χ0n) is 24.2. The highest BCUT2D eigenvalue weighted by atomic mass is 32.1. The number of aromatic carboxylic acids is 1. The monoisotopic (exact) mass is 568 g/mol. The molecular weight excluding hydrogens is 532 g/mol. The quantitative estimate of drug-likeness (QED) is 0.175. The predicted octanol–water partition coefficient (Wildman–Crippen LogP) is 7.66. The Morgan fingerprint density at radius 1 is 1.02 bits per heavy atom. The van der Waals surface area contributed by atoms with Crippen molar-refractivity contribution in [3.63, 3.8) is 0 Å². The van der Waals surface area contributed by atoms with Crippen LogP contribution in [0.2, 0.25) is 0 Å². The highest BCUT2D eigenvalue weighted by Crippen LogP contribution is 2.40. The summed E-state index contributed by atoms with van der Waals surface area (Å²) in [5, 5.41) is 12.6. The number of rotatable bonds is 10. The third kappa shape index (κ3) is 5.72. The maximum atomic E-state index is 13.6. The summed E-state index contributed by atoms with van der Waals surface area (Å²) in [4.78, 5) is 29.3. The molecule has 0 bridgehead atoms. The summed E-state index contributed by atoms with van der Waals surface area (Å²) < 4.78 is 7.37. The van der Waals surface area contributed by atoms with E-state index in [1.807, 2.05) is 62.3 Å². The molecular formula is C34H36N2O4S. The number of benzene rings is 3. The van der Waals surface area contributed by atoms with Crippen LogP contribution in [0.3, 0.4) is 0 Å². The number of aryl methyl sites for hydroxylation is 1. The molecule has 0 atom stereocenters. The molecule has 0 spiro atoms. The molecule has 0 aliphatic heterocycles. The topological polar surface area (TPSA) is 71.3 Å². The van der Waals surface area contributed by atoms with E-state index >= 15 is 0 Å². The predicted molar refractivity (Wildman–Crippen MR) is 169 cm³/mol. The van der Waals surface area contributed by atoms with Gasteiger partial charge in [-0.3, -0.25) is 9.20 Å². The molecule has 0 unspecified atom stereocenters. The minimum atomic E-state index is -1.13. The number of ether oxygens (including phenoxy) is 1. The van der Waals surface area contributed by atoms with Gasteiger partial charge >= 0.3 is 5.97 Å². The summed E-state index contributed by atoms with van der Waals surface area (Å²) in [7, 11) is 3.86. The minimum Gasteiger partial charge on any atom is -0.493 e. The number of nitrogens with zero attached hydrogens (tertiary/aromatic N) is 2. The minimum absolute atomic E-state index is 0.0141. The zero-order valence-corrected chi connectivity index (χ0v) is 25.0. The van der Waals surface area contributed by atoms with Gasteiger partial charge in [-0.2, -0.15) is 0 Å². The van der Waals surface area contributed by atoms with Crippen molar-refractivity contribution >= 4 is 38.6 Å². The first-order valence-electron chi connectivity index (χ1n) is 14.0. The maximum Gasteiger partial charge on any atom is 0.354 e. The van der Waals surface area contributed by atoms with E-state index in [4.69, 9.17) is 4.74 Å². The molecule has 0 amide bonds. The number of carbonyl (C=O) groups is 1. The van der Waals surface area contributed by atoms with Crippen molar-refractivity contribution in [2.45, 2.75) is 40.0 Å². The largest absolute Gasteiger partial charge is 0.493 e. The molecule has 5 rings (SSSR count). The van der Waals surface area contributed by atoms with Gasteiger partial charge in [-0.25, -0.2) is 4.79 Å². The Morgan fingerprint density at radius 3 is 2.49 bits per heavy atom. The number of anilines is 1. The number of aromatic nitrogens is 1. The maximum absolute atomic E-state index is 13.6. The molecule has 2 aromatic heterocycles. The Balaban J connectivity index is 1.61. The lowest BCUT2D eigenvalue weighted by atomic mass is 9.98. The van der Waals surface area contributed by atoms with Crippen LogP contribution < -0.4 is 15.2 Å². The molecule has 0 saturated carbocycles. The van der Waals surface area contributed by atoms with Gasteiger partial charge in [-0.05, 0) is 76.9 Å². The fraction of sp³-hybridized carbons (Fsp3) is 0.294. The molecule has 2 heterocycles. The second-order valence-corrected chi connectivity index (χ2v) is 12.2. The fourth-order valence-electron chi connectivity index (χ4n) is 5.46. The van der Waals surface area contributed by atoms with E-state index in [1.165, 1.54) is 15.7 Å². The molecule has 6 nitrogen and oxygen atoms in total. The van der Waals surface area contributed by atoms with Crippen molar-refractivity contribution < 1.29 is 14.6 Å². The lowest BCUT2D eigenvalue weighted by Crippen LogP contribution is -2.22. The third-order valence-electron chi connectivity index (χ3n) is 7.40. The second-order valence-electron chi connectivity index (χ2n) is 11.2. The van der Waals surface area contributed by atoms with Gasteiger partial charge in [0.15, 0.2) is 5.69 Å². The Bertz CT molecular complexity index is 1790. The molecule has 0 saturated heterocycles. The summed E-state index contributed by atoms with van der Waals surface area (Å²) in [6.07, 6.45) is 2.64. The van der Waals surface area contributed by atoms with Gasteiger partial charge in [0.2, 0.25) is 0 Å². The standard InChI is InChI=1S/C34H36N2O4S/c1-21(2)10-9-17-40-28-16-15-25(18-22(28)3)32-31(34(38)39)36-29(37)20-26(30(35(4)5)33(36)41-32)19-24-13-8-12-23-11-6-7-14-27(23)24/h6-8,11-16,18,20-21H,9-10,17,19H2,1-5H3,(H,38,39). The van der Waals surface area contributed by atoms with Gasteiger partial charge in [0.1, 0.15) is 10.6 Å². The second kappa shape index (κ2) is 11.8. The molecule has 7 heteroatoms. The van der Waals surface area contributed by atoms with E-state index in [0.29, 0.717) is 28.7 Å². The Hall–Kier alpha value is -4.10. The van der Waals surface area contributed by atoms with Crippen LogP contribution >= 0.6 is 11.3 Å². The highest BCUT2D eigenvalue weighted by molar-refractivity contribution is 7.21. The van der Waals surface area contributed by atoms with Crippen LogP contribution in [0.25, 0.3) is 26.0 Å². The Morgan fingerprint density at radius 2 is 1.78 bits per heavy atom. The van der Waals surface area contributed by atoms with Crippen molar-refractivity contribution in [1.29, 1.82) is 0 Å². The molecule has 3 aromatic carbocycles. The van der Waals surface area contributed by atoms with Gasteiger partial charge in [0.05, 0.1) is 17.2 Å². The van der Waals surface area contributed by atoms with Crippen LogP contribution in [-0.4, -0.2) is 36.2 Å². The fourth-order valence-corrected chi connectivity index (χ4v) is 6.85. The van der Waals surface area contributed by atoms with Gasteiger partial charge in [0.25, 0.3) is 5.56 Å². The van der Waals surface area contributed by atoms with Crippen molar-refractivity contribution in [3.8, 4) is 16.2 Å². The normalized spacial score (nSPS) is 11.5. The van der Waals surface area contributed by atoms with Crippen LogP contribution in [0.1, 0.15) is 53.9 Å². The van der Waals surface area contributed by atoms with Gasteiger partial charge in [0, 0.05) is 26.6 Å². The number of hydrogen-bond acceptors (Lipinski definition) is 5. The lowest BCUT2D eigenvalue weighted by molar-refractivity contribution is 0.0690. The Labute approximate surface area is 244 Å². The third-order valence-corrected chi connectivity index (χ3v) is 8.60. The van der Waals surface area contributed by atoms with Crippen LogP contribution in [0.15, 0.2) is 71.5 Å². The number of carboxylic acid groups (broad SMARTS) is 1. The van der Waals surface area contributed by atoms with E-state index in [-0.39, 0.29) is 11.3 Å². The zero-order chi connectivity index (χ0) is 29.3. The van der Waals surface area contributed by atoms with Crippen LogP contribution in [0, 0.1) is 12.8 Å². The van der Waals surface area contributed by atoms with E-state index < -0.39 is 5.97 Å². The van der Waals surface area contributed by atoms with E-state index in [2.05, 4.69) is 38.1 Å². The molecule has 1 N–H and O–H groups in total. The smallest absolute Gasteiger partial charge is 0.354 e. The molecule has 0 fully saturated rings. The highest BCUT2D eigenvalue weighted by Gasteiger charge is 2.26. The number of thiazole rings is 1. The van der Waals surface area contributed by atoms with E-state index in [0.717, 1.165) is 57.3 Å². The molecule has 212 valence electrons. The van der Waals surface area contributed by atoms with Crippen LogP contribution in [0.4, 0.5) is 5.69 Å². The molecule has 0 aliphatic carbocycles. The first-order valence-corrected chi connectivity index (χ1v) is 14.8. The van der Waals surface area contributed by atoms with Crippen molar-refractivity contribution in [3.05, 3.63) is 99.5 Å². The van der Waals surface area contributed by atoms with Gasteiger partial charge in [-0.15, -0.1) is 11.3 Å². The SMILES string of the molecule is Cc1cc(-c2sc3c(N(C)C)c(Cc4cccc5ccccc45)cc(=O)n3c2C(=O)O)ccc1OCCCC(C)C. The number of pyridine rings is 1. The first kappa shape index (κ1) is 28.4. The summed E-state index contributed by atoms with van der Waals surface area (Å²) in [6.45, 7) is 7.01. The molecule has 41 heavy (non-hydrogen) atoms. The lowest BCUT2D eigenvalue weighted by Gasteiger charge is -2.19. The Kier molecular flexibility index (Phi) is 8.18. The van der Waals surface area contributed by atoms with Gasteiger partial charge in [-0.1, -0.05) is 56.3 Å². The number of hydrogen-bond donors (Lipinski definition) is 1. The first-order chi connectivity index (χ1) is 19.7. The van der Waals surface area contributed by atoms with E-state index in [1.54, 1.807) is 6.07 Å². The van der Waals surface area contributed by atoms with E-state index in [9.17, 15) is 14.7 Å². The van der Waals surface area contributed by atoms with Crippen LogP contribution in [0.5, 0.6) is 5.75 Å².